The first-order valence-electron chi connectivity index (χ1n) is 8.15. The Hall–Kier alpha value is -3.28. The molecule has 0 unspecified atom stereocenters. The molecule has 0 aliphatic rings. The maximum absolute atomic E-state index is 12.2. The van der Waals surface area contributed by atoms with Crippen LogP contribution in [0.3, 0.4) is 0 Å². The van der Waals surface area contributed by atoms with Crippen LogP contribution < -0.4 is 9.83 Å². The molecule has 0 amide bonds. The van der Waals surface area contributed by atoms with Crippen LogP contribution in [0.2, 0.25) is 5.02 Å². The maximum atomic E-state index is 12.2. The van der Waals surface area contributed by atoms with Gasteiger partial charge in [-0.05, 0) is 35.2 Å². The molecule has 0 fully saturated rings. The fourth-order valence-electron chi connectivity index (χ4n) is 2.26. The summed E-state index contributed by atoms with van der Waals surface area (Å²) in [6.07, 6.45) is 1.19. The fourth-order valence-corrected chi connectivity index (χ4v) is 4.50. The van der Waals surface area contributed by atoms with Crippen molar-refractivity contribution in [2.45, 2.75) is 4.21 Å². The predicted molar refractivity (Wildman–Crippen MR) is 114 cm³/mol. The number of anilines is 1. The lowest BCUT2D eigenvalue weighted by Crippen LogP contribution is -2.18. The van der Waals surface area contributed by atoms with Crippen LogP contribution in [0.1, 0.15) is 11.1 Å². The van der Waals surface area contributed by atoms with Gasteiger partial charge in [-0.15, -0.1) is 11.3 Å². The van der Waals surface area contributed by atoms with Gasteiger partial charge in [0.2, 0.25) is 0 Å². The molecule has 1 aromatic heterocycles. The summed E-state index contributed by atoms with van der Waals surface area (Å²) in [6, 6.07) is 12.8. The lowest BCUT2D eigenvalue weighted by Gasteiger charge is -2.10. The topological polar surface area (TPSA) is 137 Å². The highest BCUT2D eigenvalue weighted by atomic mass is 35.5. The largest absolute Gasteiger partial charge is 0.857 e. The number of halogens is 1. The van der Waals surface area contributed by atoms with Gasteiger partial charge in [0.1, 0.15) is 9.23 Å². The van der Waals surface area contributed by atoms with E-state index in [0.717, 1.165) is 11.3 Å². The van der Waals surface area contributed by atoms with Gasteiger partial charge in [0.25, 0.3) is 15.7 Å². The molecule has 0 saturated heterocycles. The number of hydrogen-bond acceptors (Lipinski definition) is 8. The van der Waals surface area contributed by atoms with Crippen molar-refractivity contribution in [3.63, 3.8) is 0 Å². The van der Waals surface area contributed by atoms with Crippen LogP contribution >= 0.6 is 22.9 Å². The molecule has 154 valence electrons. The molecule has 0 aliphatic carbocycles. The molecular weight excluding hydrogens is 452 g/mol. The number of nitro benzene ring substituents is 1. The number of benzene rings is 2. The first-order chi connectivity index (χ1) is 14.3. The number of thiophene rings is 1. The molecule has 2 aromatic carbocycles. The van der Waals surface area contributed by atoms with E-state index in [1.54, 1.807) is 11.4 Å². The van der Waals surface area contributed by atoms with Crippen LogP contribution in [0.4, 0.5) is 11.4 Å². The van der Waals surface area contributed by atoms with E-state index in [9.17, 15) is 23.6 Å². The Morgan fingerprint density at radius 1 is 1.17 bits per heavy atom. The minimum absolute atomic E-state index is 0.0139. The molecule has 3 rings (SSSR count). The van der Waals surface area contributed by atoms with Crippen LogP contribution in [0.5, 0.6) is 0 Å². The van der Waals surface area contributed by atoms with Crippen molar-refractivity contribution in [3.05, 3.63) is 86.2 Å². The molecule has 9 nitrogen and oxygen atoms in total. The van der Waals surface area contributed by atoms with Crippen molar-refractivity contribution < 1.29 is 18.4 Å². The number of nitrogens with zero attached hydrogens (tertiary/aromatic N) is 3. The summed E-state index contributed by atoms with van der Waals surface area (Å²) < 4.78 is 27.0. The summed E-state index contributed by atoms with van der Waals surface area (Å²) >= 11 is 6.82. The molecule has 0 spiro atoms. The van der Waals surface area contributed by atoms with Gasteiger partial charge in [0.05, 0.1) is 11.1 Å². The molecule has 0 atom stereocenters. The predicted octanol–water partition coefficient (Wildman–Crippen LogP) is 3.25. The molecule has 12 heteroatoms. The quantitative estimate of drug-likeness (QED) is 0.248. The van der Waals surface area contributed by atoms with Gasteiger partial charge in [0.15, 0.2) is 0 Å². The molecule has 1 N–H and O–H groups in total. The van der Waals surface area contributed by atoms with Crippen LogP contribution in [0.25, 0.3) is 0 Å². The van der Waals surface area contributed by atoms with E-state index < -0.39 is 20.8 Å². The van der Waals surface area contributed by atoms with Crippen LogP contribution in [-0.4, -0.2) is 25.5 Å². The lowest BCUT2D eigenvalue weighted by atomic mass is 10.2. The number of hydrogen-bond donors (Lipinski definition) is 1. The van der Waals surface area contributed by atoms with E-state index in [2.05, 4.69) is 14.9 Å². The van der Waals surface area contributed by atoms with E-state index in [0.29, 0.717) is 5.56 Å². The van der Waals surface area contributed by atoms with Crippen molar-refractivity contribution >= 4 is 56.4 Å². The van der Waals surface area contributed by atoms with Crippen molar-refractivity contribution in [2.75, 3.05) is 4.72 Å². The summed E-state index contributed by atoms with van der Waals surface area (Å²) in [5, 5.41) is 31.8. The first-order valence-corrected chi connectivity index (χ1v) is 10.9. The average molecular weight is 464 g/mol. The summed E-state index contributed by atoms with van der Waals surface area (Å²) in [4.78, 5) is 10.3. The van der Waals surface area contributed by atoms with Gasteiger partial charge < -0.3 is 5.11 Å². The normalized spacial score (nSPS) is 12.2. The van der Waals surface area contributed by atoms with Crippen molar-refractivity contribution in [2.24, 2.45) is 10.2 Å². The summed E-state index contributed by atoms with van der Waals surface area (Å²) in [7, 11) is -3.68. The molecular formula is C18H12ClN4O5S2-. The molecule has 0 saturated carbocycles. The molecule has 3 aromatic rings. The molecule has 0 aliphatic heterocycles. The number of sulfonamides is 1. The zero-order valence-electron chi connectivity index (χ0n) is 14.9. The second kappa shape index (κ2) is 9.03. The summed E-state index contributed by atoms with van der Waals surface area (Å²) in [5.74, 6) is -0.664. The van der Waals surface area contributed by atoms with E-state index in [4.69, 9.17) is 11.6 Å². The third-order valence-corrected chi connectivity index (χ3v) is 6.76. The maximum Gasteiger partial charge on any atom is 0.288 e. The highest BCUT2D eigenvalue weighted by molar-refractivity contribution is 7.94. The van der Waals surface area contributed by atoms with Crippen LogP contribution in [0, 0.1) is 10.1 Å². The number of nitrogens with one attached hydrogen (secondary N) is 1. The minimum atomic E-state index is -3.68. The van der Waals surface area contributed by atoms with Gasteiger partial charge in [-0.2, -0.15) is 10.2 Å². The highest BCUT2D eigenvalue weighted by Gasteiger charge is 2.15. The second-order valence-electron chi connectivity index (χ2n) is 5.73. The van der Waals surface area contributed by atoms with Gasteiger partial charge in [-0.25, -0.2) is 8.42 Å². The minimum Gasteiger partial charge on any atom is -0.857 e. The fraction of sp³-hybridized carbons (Fsp3) is 0. The van der Waals surface area contributed by atoms with E-state index >= 15 is 0 Å². The Morgan fingerprint density at radius 3 is 2.53 bits per heavy atom. The smallest absolute Gasteiger partial charge is 0.288 e. The second-order valence-corrected chi connectivity index (χ2v) is 9.00. The van der Waals surface area contributed by atoms with Crippen LogP contribution in [0.15, 0.2) is 74.4 Å². The van der Waals surface area contributed by atoms with Gasteiger partial charge >= 0.3 is 0 Å². The Morgan fingerprint density at radius 2 is 1.90 bits per heavy atom. The molecule has 30 heavy (non-hydrogen) atoms. The third kappa shape index (κ3) is 5.20. The molecule has 1 heterocycles. The number of nitro groups is 1. The lowest BCUT2D eigenvalue weighted by molar-refractivity contribution is -0.384. The average Bonchev–Trinajstić information content (AvgIpc) is 3.25. The van der Waals surface area contributed by atoms with Crippen molar-refractivity contribution in [3.8, 4) is 0 Å². The SMILES string of the molecule is O=[N+]([O-])c1cc(/C=N\N=C([O-])c2ccc(NS(=O)(=O)c3cccs3)cc2)ccc1Cl. The van der Waals surface area contributed by atoms with E-state index in [1.165, 1.54) is 54.7 Å². The van der Waals surface area contributed by atoms with Crippen LogP contribution in [-0.2, 0) is 10.0 Å². The summed E-state index contributed by atoms with van der Waals surface area (Å²) in [5.41, 5.74) is 0.541. The first kappa shape index (κ1) is 21.4. The number of rotatable bonds is 7. The van der Waals surface area contributed by atoms with Crippen molar-refractivity contribution in [1.82, 2.24) is 0 Å². The Kier molecular flexibility index (Phi) is 6.45. The Balaban J connectivity index is 1.70. The Bertz CT molecular complexity index is 1220. The zero-order chi connectivity index (χ0) is 21.7. The van der Waals surface area contributed by atoms with E-state index in [1.807, 2.05) is 0 Å². The molecule has 0 bridgehead atoms. The van der Waals surface area contributed by atoms with Crippen molar-refractivity contribution in [1.29, 1.82) is 0 Å². The molecule has 0 radical (unpaired) electrons. The standard InChI is InChI=1S/C18H13ClN4O5S2/c19-15-8-3-12(10-16(15)23(25)26)11-20-21-18(24)13-4-6-14(7-5-13)22-30(27,28)17-2-1-9-29-17/h1-11,22H,(H,21,24)/p-1/b20-11-. The van der Waals surface area contributed by atoms with Gasteiger partial charge in [-0.3, -0.25) is 14.8 Å². The third-order valence-electron chi connectivity index (χ3n) is 3.67. The Labute approximate surface area is 180 Å². The monoisotopic (exact) mass is 463 g/mol. The van der Waals surface area contributed by atoms with Gasteiger partial charge in [0, 0.05) is 23.2 Å². The zero-order valence-corrected chi connectivity index (χ0v) is 17.3. The van der Waals surface area contributed by atoms with E-state index in [-0.39, 0.29) is 26.2 Å². The highest BCUT2D eigenvalue weighted by Crippen LogP contribution is 2.24. The summed E-state index contributed by atoms with van der Waals surface area (Å²) in [6.45, 7) is 0. The van der Waals surface area contributed by atoms with Gasteiger partial charge in [-0.1, -0.05) is 35.9 Å².